The molecule has 6 heteroatoms. The minimum Gasteiger partial charge on any atom is -0.198 e. The van der Waals surface area contributed by atoms with Crippen molar-refractivity contribution in [3.05, 3.63) is 317 Å². The van der Waals surface area contributed by atoms with Gasteiger partial charge in [0.05, 0.1) is 0 Å². The normalized spacial score (nSPS) is 12.9. The van der Waals surface area contributed by atoms with Gasteiger partial charge in [-0.2, -0.15) is 27.4 Å². The van der Waals surface area contributed by atoms with E-state index in [1.807, 2.05) is 50.6 Å². The molecule has 522 valence electrons. The second-order valence-electron chi connectivity index (χ2n) is 27.5. The summed E-state index contributed by atoms with van der Waals surface area (Å²) in [5, 5.41) is 0. The summed E-state index contributed by atoms with van der Waals surface area (Å²) in [7, 11) is 12.0. The molecule has 0 aliphatic carbocycles. The number of hydrogen-bond donors (Lipinski definition) is 0. The zero-order valence-electron chi connectivity index (χ0n) is 77.1. The molecule has 0 aliphatic rings. The van der Waals surface area contributed by atoms with Gasteiger partial charge in [-0.15, -0.1) is 0 Å². The van der Waals surface area contributed by atoms with Crippen molar-refractivity contribution in [2.45, 2.75) is 159 Å². The number of hydrogen-bond acceptors (Lipinski definition) is 0. The third kappa shape index (κ3) is 18.4. The lowest BCUT2D eigenvalue weighted by atomic mass is 9.98. The van der Waals surface area contributed by atoms with Gasteiger partial charge in [-0.05, 0) is 228 Å². The van der Waals surface area contributed by atoms with Crippen LogP contribution < -0.4 is 27.4 Å². The van der Waals surface area contributed by atoms with Crippen molar-refractivity contribution in [2.75, 3.05) is 0 Å². The van der Waals surface area contributed by atoms with Crippen molar-refractivity contribution in [3.63, 3.8) is 0 Å². The number of aryl methyl sites for hydroxylation is 16. The number of aromatic nitrogens is 6. The Morgan fingerprint density at radius 3 is 0.931 bits per heavy atom. The molecule has 0 saturated heterocycles. The van der Waals surface area contributed by atoms with Crippen LogP contribution in [-0.2, 0) is 42.3 Å². The Balaban J connectivity index is 0.000000189. The van der Waals surface area contributed by atoms with Crippen LogP contribution >= 0.6 is 0 Å². The zero-order valence-corrected chi connectivity index (χ0v) is 65.1. The van der Waals surface area contributed by atoms with E-state index in [0.29, 0.717) is 22.5 Å². The molecular weight excluding hydrogens is 1230 g/mol. The molecule has 0 radical (unpaired) electrons. The first-order valence-corrected chi connectivity index (χ1v) is 34.9. The Morgan fingerprint density at radius 1 is 0.208 bits per heavy atom. The maximum Gasteiger partial charge on any atom is 0.215 e. The lowest BCUT2D eigenvalue weighted by molar-refractivity contribution is -0.667. The van der Waals surface area contributed by atoms with Crippen LogP contribution in [0.5, 0.6) is 0 Å². The van der Waals surface area contributed by atoms with Gasteiger partial charge in [0.25, 0.3) is 0 Å². The molecule has 6 aromatic heterocycles. The molecule has 0 N–H and O–H groups in total. The predicted molar refractivity (Wildman–Crippen MR) is 427 cm³/mol. The van der Waals surface area contributed by atoms with Gasteiger partial charge < -0.3 is 0 Å². The fraction of sp³-hybridized carbons (Fsp3) is 0.305. The molecule has 0 aliphatic heterocycles. The number of benzene rings is 6. The topological polar surface area (TPSA) is 23.3 Å². The van der Waals surface area contributed by atoms with E-state index in [4.69, 9.17) is 16.4 Å². The monoisotopic (exact) mass is 1360 g/mol. The summed E-state index contributed by atoms with van der Waals surface area (Å²) in [6.07, 6.45) is 0. The van der Waals surface area contributed by atoms with Gasteiger partial charge >= 0.3 is 0 Å². The van der Waals surface area contributed by atoms with Gasteiger partial charge in [-0.3, -0.25) is 0 Å². The van der Waals surface area contributed by atoms with Crippen LogP contribution in [-0.4, -0.2) is 0 Å². The van der Waals surface area contributed by atoms with Crippen molar-refractivity contribution in [2.24, 2.45) is 42.3 Å². The Morgan fingerprint density at radius 2 is 0.535 bits per heavy atom. The second-order valence-corrected chi connectivity index (χ2v) is 27.5. The minimum absolute atomic E-state index is 0.131. The van der Waals surface area contributed by atoms with Crippen LogP contribution in [0.1, 0.15) is 145 Å². The van der Waals surface area contributed by atoms with Crippen LogP contribution in [0.4, 0.5) is 0 Å². The van der Waals surface area contributed by atoms with E-state index in [1.54, 1.807) is 50.4 Å². The molecule has 0 fully saturated rings. The van der Waals surface area contributed by atoms with E-state index in [-0.39, 0.29) is 11.3 Å². The molecule has 0 saturated carbocycles. The first-order chi connectivity index (χ1) is 52.5. The SMILES string of the molecule is Cc1ccc(-c2ccc(C)c(C)[n+]2C)c(C)c1.Cc1ccccc1-c1c(C)c(C)cc(C)[n+]1C.Cc1ccccc1-c1c(C)c(C)cc(C)[n+]1C.Cc1ccccc1-c1ccc(C)c(C)[n+]1C.[2H]C([2H])([2H])c1ccc(-c2ccc(C([2H])([2H])[2H])c(C)[n+]2C)c(C)c1.[2H]C([2H])([2H])c1ccc(-c2cccc(C)c2C)[n+](C)c1C([2H])([2H])[2H]. The summed E-state index contributed by atoms with van der Waals surface area (Å²) < 4.78 is 104. The highest BCUT2D eigenvalue weighted by atomic mass is 15.0. The summed E-state index contributed by atoms with van der Waals surface area (Å²) in [5.74, 6) is 0. The zero-order chi connectivity index (χ0) is 84.6. The van der Waals surface area contributed by atoms with Gasteiger partial charge in [0.1, 0.15) is 42.3 Å². The largest absolute Gasteiger partial charge is 0.215 e. The van der Waals surface area contributed by atoms with Crippen molar-refractivity contribution < 1.29 is 43.9 Å². The molecule has 101 heavy (non-hydrogen) atoms. The Hall–Kier alpha value is -9.78. The third-order valence-corrected chi connectivity index (χ3v) is 20.6. The third-order valence-electron chi connectivity index (χ3n) is 20.6. The molecule has 0 bridgehead atoms. The van der Waals surface area contributed by atoms with E-state index >= 15 is 0 Å². The lowest BCUT2D eigenvalue weighted by Crippen LogP contribution is -2.36. The van der Waals surface area contributed by atoms with Crippen molar-refractivity contribution >= 4 is 0 Å². The molecular formula is C95H118N6+6. The van der Waals surface area contributed by atoms with Gasteiger partial charge in [-0.25, -0.2) is 0 Å². The summed E-state index contributed by atoms with van der Waals surface area (Å²) >= 11 is 0. The standard InChI is InChI=1S/5C16H20N.C15H18N/c2*1-11-6-8-15(13(3)10-11)16-9-7-12(2)14(4)17(16)5;1-11-7-6-8-15(13(11)3)16-10-9-12(2)14(4)17(16)5;2*1-11-8-6-7-9-15(11)16-14(4)12(2)10-13(3)17(16)5;1-11-9-10-15(16(4)13(11)3)14-8-6-5-7-12(14)2/h5*6-10H,1-5H3;5-10H,1-4H3/q6*+1/i1D3,2D3;;2D3,4D3;;;. The number of pyridine rings is 6. The van der Waals surface area contributed by atoms with E-state index in [1.165, 1.54) is 140 Å². The minimum atomic E-state index is -2.51. The van der Waals surface area contributed by atoms with Crippen LogP contribution in [0.2, 0.25) is 0 Å². The summed E-state index contributed by atoms with van der Waals surface area (Å²) in [5.41, 5.74) is 37.8. The fourth-order valence-electron chi connectivity index (χ4n) is 12.9. The van der Waals surface area contributed by atoms with Gasteiger partial charge in [0, 0.05) is 161 Å². The fourth-order valence-corrected chi connectivity index (χ4v) is 12.9. The quantitative estimate of drug-likeness (QED) is 0.148. The molecule has 0 unspecified atom stereocenters. The molecule has 0 atom stereocenters. The molecule has 0 amide bonds. The van der Waals surface area contributed by atoms with Gasteiger partial charge in [0.2, 0.25) is 34.2 Å². The van der Waals surface area contributed by atoms with Crippen molar-refractivity contribution in [1.82, 2.24) is 0 Å². The van der Waals surface area contributed by atoms with E-state index in [9.17, 15) is 0 Å². The van der Waals surface area contributed by atoms with Crippen LogP contribution in [0, 0.1) is 159 Å². The van der Waals surface area contributed by atoms with Crippen LogP contribution in [0.15, 0.2) is 188 Å². The summed E-state index contributed by atoms with van der Waals surface area (Å²) in [6.45, 7) is 30.9. The smallest absolute Gasteiger partial charge is 0.198 e. The summed E-state index contributed by atoms with van der Waals surface area (Å²) in [6, 6.07) is 62.9. The Kier molecular flexibility index (Phi) is 21.3. The number of nitrogens with zero attached hydrogens (tertiary/aromatic N) is 6. The van der Waals surface area contributed by atoms with E-state index in [2.05, 4.69) is 278 Å². The van der Waals surface area contributed by atoms with Crippen LogP contribution in [0.3, 0.4) is 0 Å². The lowest BCUT2D eigenvalue weighted by Gasteiger charge is -2.10. The maximum absolute atomic E-state index is 7.75. The van der Waals surface area contributed by atoms with E-state index in [0.717, 1.165) is 33.5 Å². The molecule has 12 aromatic rings. The average Bonchev–Trinajstić information content (AvgIpc) is 0.662. The number of rotatable bonds is 6. The first-order valence-electron chi connectivity index (χ1n) is 40.9. The highest BCUT2D eigenvalue weighted by Crippen LogP contribution is 2.30. The molecule has 0 spiro atoms. The Bertz CT molecular complexity index is 5310. The van der Waals surface area contributed by atoms with Crippen molar-refractivity contribution in [3.8, 4) is 67.5 Å². The molecule has 6 nitrogen and oxygen atoms in total. The molecule has 12 rings (SSSR count). The second kappa shape index (κ2) is 34.5. The van der Waals surface area contributed by atoms with Crippen molar-refractivity contribution in [1.29, 1.82) is 0 Å². The molecule has 6 aromatic carbocycles. The highest BCUT2D eigenvalue weighted by molar-refractivity contribution is 5.68. The average molecular weight is 1360 g/mol. The Labute approximate surface area is 626 Å². The highest BCUT2D eigenvalue weighted by Gasteiger charge is 2.23. The van der Waals surface area contributed by atoms with E-state index < -0.39 is 27.4 Å². The van der Waals surface area contributed by atoms with Crippen LogP contribution in [0.25, 0.3) is 67.5 Å². The van der Waals surface area contributed by atoms with Gasteiger partial charge in [-0.1, -0.05) is 102 Å². The van der Waals surface area contributed by atoms with Gasteiger partial charge in [0.15, 0.2) is 34.2 Å². The molecule has 6 heterocycles. The predicted octanol–water partition coefficient (Wildman–Crippen LogP) is 20.2. The first kappa shape index (κ1) is 62.2. The maximum atomic E-state index is 7.75. The summed E-state index contributed by atoms with van der Waals surface area (Å²) in [4.78, 5) is 0.